The maximum absolute atomic E-state index is 12.5. The molecule has 0 aromatic heterocycles. The SMILES string of the molecule is Cc1ccccc1C[C@@H](C)NC(=O)CN1CCC[C@H](N2CCCC2)C1. The van der Waals surface area contributed by atoms with Crippen molar-refractivity contribution in [2.24, 2.45) is 0 Å². The number of amides is 1. The van der Waals surface area contributed by atoms with Crippen molar-refractivity contribution in [2.45, 2.75) is 58.0 Å². The van der Waals surface area contributed by atoms with Crippen LogP contribution in [0.2, 0.25) is 0 Å². The summed E-state index contributed by atoms with van der Waals surface area (Å²) in [7, 11) is 0. The molecule has 0 unspecified atom stereocenters. The first-order chi connectivity index (χ1) is 12.1. The Balaban J connectivity index is 1.44. The molecule has 1 aromatic carbocycles. The molecule has 0 saturated carbocycles. The van der Waals surface area contributed by atoms with Crippen molar-refractivity contribution in [1.82, 2.24) is 15.1 Å². The predicted molar refractivity (Wildman–Crippen MR) is 103 cm³/mol. The third kappa shape index (κ3) is 5.29. The van der Waals surface area contributed by atoms with Gasteiger partial charge in [-0.1, -0.05) is 24.3 Å². The molecule has 0 bridgehead atoms. The quantitative estimate of drug-likeness (QED) is 0.862. The smallest absolute Gasteiger partial charge is 0.234 e. The molecule has 1 amide bonds. The van der Waals surface area contributed by atoms with E-state index >= 15 is 0 Å². The van der Waals surface area contributed by atoms with Gasteiger partial charge in [-0.15, -0.1) is 0 Å². The number of piperidine rings is 1. The molecule has 0 aliphatic carbocycles. The Bertz CT molecular complexity index is 568. The number of nitrogens with one attached hydrogen (secondary N) is 1. The van der Waals surface area contributed by atoms with Crippen molar-refractivity contribution in [3.8, 4) is 0 Å². The average molecular weight is 344 g/mol. The minimum Gasteiger partial charge on any atom is -0.352 e. The van der Waals surface area contributed by atoms with Crippen molar-refractivity contribution in [3.05, 3.63) is 35.4 Å². The van der Waals surface area contributed by atoms with Gasteiger partial charge < -0.3 is 5.32 Å². The van der Waals surface area contributed by atoms with Gasteiger partial charge in [0.1, 0.15) is 0 Å². The number of benzene rings is 1. The Morgan fingerprint density at radius 1 is 1.20 bits per heavy atom. The molecule has 3 rings (SSSR count). The number of carbonyl (C=O) groups excluding carboxylic acids is 1. The first-order valence-corrected chi connectivity index (χ1v) is 9.92. The number of rotatable bonds is 6. The Hall–Kier alpha value is -1.39. The van der Waals surface area contributed by atoms with Gasteiger partial charge in [-0.05, 0) is 76.7 Å². The van der Waals surface area contributed by atoms with Crippen LogP contribution in [0, 0.1) is 6.92 Å². The van der Waals surface area contributed by atoms with E-state index in [2.05, 4.69) is 53.2 Å². The van der Waals surface area contributed by atoms with Crippen LogP contribution < -0.4 is 5.32 Å². The third-order valence-electron chi connectivity index (χ3n) is 5.70. The number of hydrogen-bond acceptors (Lipinski definition) is 3. The molecule has 2 atom stereocenters. The maximum Gasteiger partial charge on any atom is 0.234 e. The number of hydrogen-bond donors (Lipinski definition) is 1. The molecule has 1 aromatic rings. The maximum atomic E-state index is 12.5. The molecule has 138 valence electrons. The predicted octanol–water partition coefficient (Wildman–Crippen LogP) is 2.60. The summed E-state index contributed by atoms with van der Waals surface area (Å²) >= 11 is 0. The summed E-state index contributed by atoms with van der Waals surface area (Å²) in [5, 5.41) is 3.19. The number of carbonyl (C=O) groups is 1. The van der Waals surface area contributed by atoms with Crippen LogP contribution in [0.4, 0.5) is 0 Å². The molecular formula is C21H33N3O. The number of aryl methyl sites for hydroxylation is 1. The van der Waals surface area contributed by atoms with Crippen LogP contribution in [-0.4, -0.2) is 60.5 Å². The largest absolute Gasteiger partial charge is 0.352 e. The molecule has 4 nitrogen and oxygen atoms in total. The topological polar surface area (TPSA) is 35.6 Å². The van der Waals surface area contributed by atoms with Crippen LogP contribution in [0.25, 0.3) is 0 Å². The van der Waals surface area contributed by atoms with Crippen molar-refractivity contribution in [3.63, 3.8) is 0 Å². The second-order valence-corrected chi connectivity index (χ2v) is 7.87. The Morgan fingerprint density at radius 3 is 2.72 bits per heavy atom. The van der Waals surface area contributed by atoms with E-state index in [1.54, 1.807) is 0 Å². The fourth-order valence-corrected chi connectivity index (χ4v) is 4.32. The molecule has 0 spiro atoms. The lowest BCUT2D eigenvalue weighted by atomic mass is 10.0. The van der Waals surface area contributed by atoms with Crippen molar-refractivity contribution in [1.29, 1.82) is 0 Å². The van der Waals surface area contributed by atoms with Crippen LogP contribution in [0.15, 0.2) is 24.3 Å². The fourth-order valence-electron chi connectivity index (χ4n) is 4.32. The van der Waals surface area contributed by atoms with E-state index in [4.69, 9.17) is 0 Å². The van der Waals surface area contributed by atoms with Crippen LogP contribution in [0.1, 0.15) is 43.7 Å². The van der Waals surface area contributed by atoms with Crippen molar-refractivity contribution in [2.75, 3.05) is 32.7 Å². The summed E-state index contributed by atoms with van der Waals surface area (Å²) in [5.41, 5.74) is 2.62. The lowest BCUT2D eigenvalue weighted by Crippen LogP contribution is -2.50. The minimum atomic E-state index is 0.170. The van der Waals surface area contributed by atoms with Crippen LogP contribution in [-0.2, 0) is 11.2 Å². The van der Waals surface area contributed by atoms with E-state index in [1.165, 1.54) is 49.9 Å². The molecule has 2 saturated heterocycles. The zero-order valence-corrected chi connectivity index (χ0v) is 15.8. The summed E-state index contributed by atoms with van der Waals surface area (Å²) in [4.78, 5) is 17.4. The Morgan fingerprint density at radius 2 is 1.96 bits per heavy atom. The normalized spacial score (nSPS) is 23.5. The third-order valence-corrected chi connectivity index (χ3v) is 5.70. The highest BCUT2D eigenvalue weighted by atomic mass is 16.2. The average Bonchev–Trinajstić information content (AvgIpc) is 3.11. The highest BCUT2D eigenvalue weighted by Gasteiger charge is 2.27. The van der Waals surface area contributed by atoms with E-state index in [0.29, 0.717) is 12.6 Å². The zero-order valence-electron chi connectivity index (χ0n) is 15.8. The molecule has 1 N–H and O–H groups in total. The first-order valence-electron chi connectivity index (χ1n) is 9.92. The summed E-state index contributed by atoms with van der Waals surface area (Å²) in [6.07, 6.45) is 6.09. The van der Waals surface area contributed by atoms with E-state index in [9.17, 15) is 4.79 Å². The summed E-state index contributed by atoms with van der Waals surface area (Å²) in [6, 6.07) is 9.26. The number of likely N-dealkylation sites (tertiary alicyclic amines) is 2. The highest BCUT2D eigenvalue weighted by molar-refractivity contribution is 5.78. The van der Waals surface area contributed by atoms with Gasteiger partial charge in [0.05, 0.1) is 6.54 Å². The van der Waals surface area contributed by atoms with Crippen molar-refractivity contribution < 1.29 is 4.79 Å². The van der Waals surface area contributed by atoms with E-state index in [0.717, 1.165) is 19.5 Å². The van der Waals surface area contributed by atoms with Crippen LogP contribution in [0.5, 0.6) is 0 Å². The van der Waals surface area contributed by atoms with E-state index in [-0.39, 0.29) is 11.9 Å². The van der Waals surface area contributed by atoms with Crippen molar-refractivity contribution >= 4 is 5.91 Å². The van der Waals surface area contributed by atoms with Crippen LogP contribution >= 0.6 is 0 Å². The van der Waals surface area contributed by atoms with Gasteiger partial charge in [0, 0.05) is 18.6 Å². The Kier molecular flexibility index (Phi) is 6.49. The standard InChI is InChI=1S/C21H33N3O/c1-17-8-3-4-9-19(17)14-18(2)22-21(25)16-23-11-7-10-20(15-23)24-12-5-6-13-24/h3-4,8-9,18,20H,5-7,10-16H2,1-2H3,(H,22,25)/t18-,20+/m1/s1. The molecule has 2 fully saturated rings. The van der Waals surface area contributed by atoms with E-state index < -0.39 is 0 Å². The van der Waals surface area contributed by atoms with Gasteiger partial charge in [-0.3, -0.25) is 14.6 Å². The summed E-state index contributed by atoms with van der Waals surface area (Å²) in [5.74, 6) is 0.170. The number of nitrogens with zero attached hydrogens (tertiary/aromatic N) is 2. The molecule has 25 heavy (non-hydrogen) atoms. The Labute approximate surface area is 152 Å². The first kappa shape index (κ1) is 18.4. The highest BCUT2D eigenvalue weighted by Crippen LogP contribution is 2.20. The van der Waals surface area contributed by atoms with Crippen LogP contribution in [0.3, 0.4) is 0 Å². The molecule has 4 heteroatoms. The summed E-state index contributed by atoms with van der Waals surface area (Å²) < 4.78 is 0. The molecule has 2 aliphatic heterocycles. The van der Waals surface area contributed by atoms with Gasteiger partial charge in [0.25, 0.3) is 0 Å². The van der Waals surface area contributed by atoms with Gasteiger partial charge in [-0.25, -0.2) is 0 Å². The molecule has 0 radical (unpaired) electrons. The van der Waals surface area contributed by atoms with E-state index in [1.807, 2.05) is 0 Å². The van der Waals surface area contributed by atoms with Gasteiger partial charge in [0.15, 0.2) is 0 Å². The fraction of sp³-hybridized carbons (Fsp3) is 0.667. The van der Waals surface area contributed by atoms with Gasteiger partial charge in [-0.2, -0.15) is 0 Å². The van der Waals surface area contributed by atoms with Gasteiger partial charge >= 0.3 is 0 Å². The molecular weight excluding hydrogens is 310 g/mol. The lowest BCUT2D eigenvalue weighted by Gasteiger charge is -2.37. The zero-order chi connectivity index (χ0) is 17.6. The monoisotopic (exact) mass is 343 g/mol. The van der Waals surface area contributed by atoms with Gasteiger partial charge in [0.2, 0.25) is 5.91 Å². The molecule has 2 aliphatic rings. The lowest BCUT2D eigenvalue weighted by molar-refractivity contribution is -0.123. The minimum absolute atomic E-state index is 0.170. The second-order valence-electron chi connectivity index (χ2n) is 7.87. The summed E-state index contributed by atoms with van der Waals surface area (Å²) in [6.45, 7) is 9.39. The second kappa shape index (κ2) is 8.81. The molecule has 2 heterocycles.